The summed E-state index contributed by atoms with van der Waals surface area (Å²) in [7, 11) is 1.55. The second-order valence-electron chi connectivity index (χ2n) is 9.64. The lowest BCUT2D eigenvalue weighted by molar-refractivity contribution is -0.127. The van der Waals surface area contributed by atoms with Gasteiger partial charge in [-0.2, -0.15) is 0 Å². The first-order valence-corrected chi connectivity index (χ1v) is 13.0. The smallest absolute Gasteiger partial charge is 0.294 e. The van der Waals surface area contributed by atoms with E-state index >= 15 is 0 Å². The van der Waals surface area contributed by atoms with Gasteiger partial charge in [-0.25, -0.2) is 0 Å². The first kappa shape index (κ1) is 26.1. The van der Waals surface area contributed by atoms with Gasteiger partial charge in [0, 0.05) is 28.5 Å². The molecule has 7 nitrogen and oxygen atoms in total. The van der Waals surface area contributed by atoms with E-state index in [-0.39, 0.29) is 17.0 Å². The van der Waals surface area contributed by atoms with Crippen molar-refractivity contribution in [1.82, 2.24) is 4.90 Å². The summed E-state index contributed by atoms with van der Waals surface area (Å²) in [6.07, 6.45) is 2.65. The van der Waals surface area contributed by atoms with Crippen LogP contribution in [0.25, 0.3) is 6.08 Å². The van der Waals surface area contributed by atoms with Crippen LogP contribution < -0.4 is 15.0 Å². The van der Waals surface area contributed by atoms with Gasteiger partial charge in [0.15, 0.2) is 0 Å². The summed E-state index contributed by atoms with van der Waals surface area (Å²) in [4.78, 5) is 41.6. The molecule has 1 unspecified atom stereocenters. The Morgan fingerprint density at radius 1 is 1.25 bits per heavy atom. The fraction of sp³-hybridized carbons (Fsp3) is 0.370. The van der Waals surface area contributed by atoms with Crippen LogP contribution in [-0.2, 0) is 9.59 Å². The van der Waals surface area contributed by atoms with Gasteiger partial charge in [-0.1, -0.05) is 18.5 Å². The summed E-state index contributed by atoms with van der Waals surface area (Å²) in [6.45, 7) is 9.28. The lowest BCUT2D eigenvalue weighted by atomic mass is 9.79. The number of carbonyl (C=O) groups excluding carboxylic acids is 3. The third kappa shape index (κ3) is 5.11. The van der Waals surface area contributed by atoms with Gasteiger partial charge in [-0.3, -0.25) is 19.3 Å². The Hall–Kier alpha value is -2.97. The standard InChI is InChI=1S/C27H30ClN3O4S/c1-6-31-22-13-21(28)17(11-20(22)16(2)14-27(31,3)4)12-23-25(33)30(26(34)36-23)15-24(32)29-18-7-9-19(35-5)10-8-18/h7-13,16H,6,14-15H2,1-5H3,(H,29,32)/b23-12+. The van der Waals surface area contributed by atoms with Crippen LogP contribution in [0.4, 0.5) is 16.2 Å². The topological polar surface area (TPSA) is 79.0 Å². The van der Waals surface area contributed by atoms with Crippen molar-refractivity contribution >= 4 is 57.9 Å². The highest BCUT2D eigenvalue weighted by atomic mass is 35.5. The molecule has 36 heavy (non-hydrogen) atoms. The maximum Gasteiger partial charge on any atom is 0.294 e. The number of imide groups is 1. The van der Waals surface area contributed by atoms with Crippen molar-refractivity contribution in [2.24, 2.45) is 0 Å². The average Bonchev–Trinajstić information content (AvgIpc) is 3.07. The van der Waals surface area contributed by atoms with E-state index in [9.17, 15) is 14.4 Å². The molecule has 2 heterocycles. The summed E-state index contributed by atoms with van der Waals surface area (Å²) in [5.41, 5.74) is 3.52. The molecule has 0 spiro atoms. The number of fused-ring (bicyclic) bond motifs is 1. The number of benzene rings is 2. The van der Waals surface area contributed by atoms with Gasteiger partial charge in [-0.15, -0.1) is 0 Å². The monoisotopic (exact) mass is 527 g/mol. The zero-order valence-electron chi connectivity index (χ0n) is 21.1. The number of thioether (sulfide) groups is 1. The Balaban J connectivity index is 1.53. The molecule has 1 fully saturated rings. The van der Waals surface area contributed by atoms with Crippen LogP contribution in [0.3, 0.4) is 0 Å². The number of methoxy groups -OCH3 is 1. The highest BCUT2D eigenvalue weighted by molar-refractivity contribution is 8.18. The minimum atomic E-state index is -0.506. The van der Waals surface area contributed by atoms with Gasteiger partial charge in [0.05, 0.1) is 12.0 Å². The van der Waals surface area contributed by atoms with Gasteiger partial charge < -0.3 is 15.0 Å². The van der Waals surface area contributed by atoms with Gasteiger partial charge >= 0.3 is 0 Å². The molecule has 0 bridgehead atoms. The molecule has 1 saturated heterocycles. The van der Waals surface area contributed by atoms with E-state index in [1.807, 2.05) is 12.1 Å². The van der Waals surface area contributed by atoms with E-state index in [0.29, 0.717) is 27.9 Å². The normalized spacial score (nSPS) is 20.1. The maximum absolute atomic E-state index is 13.0. The van der Waals surface area contributed by atoms with E-state index in [1.54, 1.807) is 37.5 Å². The lowest BCUT2D eigenvalue weighted by Gasteiger charge is -2.47. The maximum atomic E-state index is 13.0. The molecule has 2 aromatic carbocycles. The number of nitrogens with one attached hydrogen (secondary N) is 1. The Labute approximate surface area is 220 Å². The van der Waals surface area contributed by atoms with Gasteiger partial charge in [0.25, 0.3) is 11.1 Å². The molecule has 4 rings (SSSR count). The Morgan fingerprint density at radius 3 is 2.58 bits per heavy atom. The molecular weight excluding hydrogens is 498 g/mol. The third-order valence-electron chi connectivity index (χ3n) is 6.66. The molecule has 0 radical (unpaired) electrons. The lowest BCUT2D eigenvalue weighted by Crippen LogP contribution is -2.48. The number of rotatable bonds is 6. The van der Waals surface area contributed by atoms with Crippen molar-refractivity contribution in [3.05, 3.63) is 57.5 Å². The van der Waals surface area contributed by atoms with E-state index in [4.69, 9.17) is 16.3 Å². The molecule has 0 aromatic heterocycles. The average molecular weight is 528 g/mol. The quantitative estimate of drug-likeness (QED) is 0.455. The van der Waals surface area contributed by atoms with Crippen molar-refractivity contribution in [2.75, 3.05) is 30.4 Å². The predicted molar refractivity (Wildman–Crippen MR) is 146 cm³/mol. The highest BCUT2D eigenvalue weighted by Gasteiger charge is 2.38. The number of carbonyl (C=O) groups is 3. The number of nitrogens with zero attached hydrogens (tertiary/aromatic N) is 2. The van der Waals surface area contributed by atoms with Crippen LogP contribution >= 0.6 is 23.4 Å². The van der Waals surface area contributed by atoms with Crippen molar-refractivity contribution < 1.29 is 19.1 Å². The Morgan fingerprint density at radius 2 is 1.94 bits per heavy atom. The van der Waals surface area contributed by atoms with Crippen molar-refractivity contribution in [2.45, 2.75) is 45.6 Å². The second kappa shape index (κ2) is 10.2. The van der Waals surface area contributed by atoms with Gasteiger partial charge in [-0.05, 0) is 98.5 Å². The van der Waals surface area contributed by atoms with Gasteiger partial charge in [0.2, 0.25) is 5.91 Å². The second-order valence-corrected chi connectivity index (χ2v) is 11.0. The minimum Gasteiger partial charge on any atom is -0.497 e. The minimum absolute atomic E-state index is 0.0149. The summed E-state index contributed by atoms with van der Waals surface area (Å²) in [6, 6.07) is 10.8. The Bertz CT molecular complexity index is 1240. The molecule has 0 aliphatic carbocycles. The van der Waals surface area contributed by atoms with Crippen LogP contribution in [0.15, 0.2) is 41.3 Å². The van der Waals surface area contributed by atoms with Crippen molar-refractivity contribution in [3.63, 3.8) is 0 Å². The van der Waals surface area contributed by atoms with E-state index < -0.39 is 17.1 Å². The zero-order chi connectivity index (χ0) is 26.2. The summed E-state index contributed by atoms with van der Waals surface area (Å²) < 4.78 is 5.10. The van der Waals surface area contributed by atoms with Gasteiger partial charge in [0.1, 0.15) is 12.3 Å². The van der Waals surface area contributed by atoms with Crippen LogP contribution in [0.2, 0.25) is 5.02 Å². The van der Waals surface area contributed by atoms with Crippen LogP contribution in [0.5, 0.6) is 5.75 Å². The van der Waals surface area contributed by atoms with Crippen molar-refractivity contribution in [3.8, 4) is 5.75 Å². The number of halogens is 1. The van der Waals surface area contributed by atoms with E-state index in [2.05, 4.69) is 37.9 Å². The number of amides is 3. The molecule has 1 N–H and O–H groups in total. The SMILES string of the molecule is CCN1c2cc(Cl)c(/C=C3/SC(=O)N(CC(=O)Nc4ccc(OC)cc4)C3=O)cc2C(C)CC1(C)C. The van der Waals surface area contributed by atoms with Crippen molar-refractivity contribution in [1.29, 1.82) is 0 Å². The van der Waals surface area contributed by atoms with Crippen LogP contribution in [0.1, 0.15) is 51.2 Å². The van der Waals surface area contributed by atoms with E-state index in [1.165, 1.54) is 5.56 Å². The van der Waals surface area contributed by atoms with E-state index in [0.717, 1.165) is 35.3 Å². The summed E-state index contributed by atoms with van der Waals surface area (Å²) >= 11 is 7.47. The third-order valence-corrected chi connectivity index (χ3v) is 7.89. The molecule has 2 aliphatic rings. The molecule has 2 aromatic rings. The molecule has 0 saturated carbocycles. The fourth-order valence-electron chi connectivity index (χ4n) is 5.03. The number of anilines is 2. The first-order chi connectivity index (χ1) is 17.0. The highest BCUT2D eigenvalue weighted by Crippen LogP contribution is 2.45. The Kier molecular flexibility index (Phi) is 7.38. The fourth-order valence-corrected chi connectivity index (χ4v) is 6.07. The number of ether oxygens (including phenoxy) is 1. The zero-order valence-corrected chi connectivity index (χ0v) is 22.6. The summed E-state index contributed by atoms with van der Waals surface area (Å²) in [5.74, 6) is 0.00372. The predicted octanol–water partition coefficient (Wildman–Crippen LogP) is 6.14. The number of hydrogen-bond acceptors (Lipinski definition) is 6. The molecule has 3 amide bonds. The first-order valence-electron chi connectivity index (χ1n) is 11.8. The van der Waals surface area contributed by atoms with Crippen LogP contribution in [-0.4, -0.2) is 47.7 Å². The molecule has 190 valence electrons. The van der Waals surface area contributed by atoms with Crippen LogP contribution in [0, 0.1) is 0 Å². The molecular formula is C27H30ClN3O4S. The largest absolute Gasteiger partial charge is 0.497 e. The molecule has 2 aliphatic heterocycles. The molecule has 1 atom stereocenters. The number of hydrogen-bond donors (Lipinski definition) is 1. The summed E-state index contributed by atoms with van der Waals surface area (Å²) in [5, 5.41) is 2.72. The molecule has 9 heteroatoms.